The summed E-state index contributed by atoms with van der Waals surface area (Å²) in [5.41, 5.74) is 0. The number of carbonyl (C=O) groups is 2. The molecular weight excluding hydrogens is 256 g/mol. The van der Waals surface area contributed by atoms with E-state index in [0.29, 0.717) is 19.1 Å². The van der Waals surface area contributed by atoms with Crippen molar-refractivity contribution in [1.29, 1.82) is 0 Å². The number of rotatable bonds is 2. The Bertz CT molecular complexity index is 401. The number of hydrogen-bond donors (Lipinski definition) is 1. The van der Waals surface area contributed by atoms with Crippen molar-refractivity contribution in [2.24, 2.45) is 0 Å². The molecule has 0 aromatic heterocycles. The molecule has 3 fully saturated rings. The number of nitrogens with zero attached hydrogens (tertiary/aromatic N) is 3. The standard InChI is InChI=1S/C14H24N4O2/c1-11-8-16-5-2-3-12(16)9-18(11)14(20)10-17-6-4-15-7-13(17)19/h11-12,15H,2-10H2,1H3/t11-,12-/m1/s1. The van der Waals surface area contributed by atoms with Crippen LogP contribution in [0.3, 0.4) is 0 Å². The smallest absolute Gasteiger partial charge is 0.242 e. The van der Waals surface area contributed by atoms with Crippen LogP contribution in [0.25, 0.3) is 0 Å². The van der Waals surface area contributed by atoms with Gasteiger partial charge in [0.25, 0.3) is 0 Å². The Morgan fingerprint density at radius 1 is 1.35 bits per heavy atom. The first-order valence-corrected chi connectivity index (χ1v) is 7.67. The lowest BCUT2D eigenvalue weighted by atomic mass is 10.1. The molecule has 0 aliphatic carbocycles. The average molecular weight is 280 g/mol. The minimum Gasteiger partial charge on any atom is -0.336 e. The molecule has 2 amide bonds. The number of hydrogen-bond acceptors (Lipinski definition) is 4. The first-order valence-electron chi connectivity index (χ1n) is 7.67. The van der Waals surface area contributed by atoms with Crippen LogP contribution in [0.5, 0.6) is 0 Å². The maximum atomic E-state index is 12.5. The van der Waals surface area contributed by atoms with Crippen molar-refractivity contribution in [3.05, 3.63) is 0 Å². The highest BCUT2D eigenvalue weighted by atomic mass is 16.2. The van der Waals surface area contributed by atoms with Gasteiger partial charge in [0.05, 0.1) is 13.1 Å². The Morgan fingerprint density at radius 3 is 3.00 bits per heavy atom. The van der Waals surface area contributed by atoms with Gasteiger partial charge < -0.3 is 15.1 Å². The zero-order valence-electron chi connectivity index (χ0n) is 12.2. The Kier molecular flexibility index (Phi) is 3.94. The van der Waals surface area contributed by atoms with Gasteiger partial charge in [-0.05, 0) is 26.3 Å². The zero-order valence-corrected chi connectivity index (χ0v) is 12.2. The first kappa shape index (κ1) is 13.8. The minimum atomic E-state index is 0.0387. The van der Waals surface area contributed by atoms with E-state index in [-0.39, 0.29) is 24.4 Å². The lowest BCUT2D eigenvalue weighted by Gasteiger charge is -2.43. The Labute approximate surface area is 120 Å². The first-order chi connectivity index (χ1) is 9.65. The quantitative estimate of drug-likeness (QED) is 0.713. The lowest BCUT2D eigenvalue weighted by molar-refractivity contribution is -0.144. The van der Waals surface area contributed by atoms with Crippen LogP contribution in [-0.2, 0) is 9.59 Å². The average Bonchev–Trinajstić information content (AvgIpc) is 2.87. The lowest BCUT2D eigenvalue weighted by Crippen LogP contribution is -2.59. The van der Waals surface area contributed by atoms with Crippen molar-refractivity contribution in [1.82, 2.24) is 20.0 Å². The molecule has 0 saturated carbocycles. The molecule has 0 aromatic rings. The van der Waals surface area contributed by atoms with Crippen LogP contribution in [0.15, 0.2) is 0 Å². The molecular formula is C14H24N4O2. The number of fused-ring (bicyclic) bond motifs is 1. The molecule has 0 bridgehead atoms. The molecule has 0 spiro atoms. The van der Waals surface area contributed by atoms with Crippen LogP contribution in [-0.4, -0.2) is 84.4 Å². The molecule has 6 heteroatoms. The predicted molar refractivity (Wildman–Crippen MR) is 75.2 cm³/mol. The fourth-order valence-electron chi connectivity index (χ4n) is 3.60. The van der Waals surface area contributed by atoms with Gasteiger partial charge in [0.15, 0.2) is 0 Å². The second-order valence-electron chi connectivity index (χ2n) is 6.18. The third-order valence-electron chi connectivity index (χ3n) is 4.77. The minimum absolute atomic E-state index is 0.0387. The van der Waals surface area contributed by atoms with E-state index in [2.05, 4.69) is 17.1 Å². The van der Waals surface area contributed by atoms with Crippen LogP contribution in [0, 0.1) is 0 Å². The molecule has 0 aromatic carbocycles. The van der Waals surface area contributed by atoms with Crippen molar-refractivity contribution in [3.8, 4) is 0 Å². The Balaban J connectivity index is 1.60. The summed E-state index contributed by atoms with van der Waals surface area (Å²) in [6.45, 7) is 7.13. The highest BCUT2D eigenvalue weighted by Crippen LogP contribution is 2.24. The van der Waals surface area contributed by atoms with E-state index < -0.39 is 0 Å². The summed E-state index contributed by atoms with van der Waals surface area (Å²) in [6.07, 6.45) is 2.44. The summed E-state index contributed by atoms with van der Waals surface area (Å²) in [7, 11) is 0. The molecule has 0 unspecified atom stereocenters. The summed E-state index contributed by atoms with van der Waals surface area (Å²) in [5, 5.41) is 3.03. The van der Waals surface area contributed by atoms with Crippen LogP contribution in [0.2, 0.25) is 0 Å². The maximum absolute atomic E-state index is 12.5. The second kappa shape index (κ2) is 5.69. The summed E-state index contributed by atoms with van der Waals surface area (Å²) >= 11 is 0. The van der Waals surface area contributed by atoms with Gasteiger partial charge in [0.1, 0.15) is 0 Å². The summed E-state index contributed by atoms with van der Waals surface area (Å²) in [6, 6.07) is 0.795. The number of nitrogens with one attached hydrogen (secondary N) is 1. The number of amides is 2. The molecule has 3 aliphatic rings. The van der Waals surface area contributed by atoms with Gasteiger partial charge in [-0.1, -0.05) is 0 Å². The van der Waals surface area contributed by atoms with E-state index in [4.69, 9.17) is 0 Å². The normalized spacial score (nSPS) is 31.6. The monoisotopic (exact) mass is 280 g/mol. The molecule has 112 valence electrons. The molecule has 3 rings (SSSR count). The van der Waals surface area contributed by atoms with E-state index in [1.165, 1.54) is 19.4 Å². The molecule has 0 radical (unpaired) electrons. The number of carbonyl (C=O) groups excluding carboxylic acids is 2. The van der Waals surface area contributed by atoms with Crippen molar-refractivity contribution in [2.75, 3.05) is 45.8 Å². The van der Waals surface area contributed by atoms with Gasteiger partial charge in [-0.25, -0.2) is 0 Å². The maximum Gasteiger partial charge on any atom is 0.242 e. The second-order valence-corrected chi connectivity index (χ2v) is 6.18. The topological polar surface area (TPSA) is 55.9 Å². The zero-order chi connectivity index (χ0) is 14.1. The van der Waals surface area contributed by atoms with Crippen LogP contribution in [0.4, 0.5) is 0 Å². The molecule has 3 aliphatic heterocycles. The van der Waals surface area contributed by atoms with E-state index in [9.17, 15) is 9.59 Å². The van der Waals surface area contributed by atoms with E-state index in [0.717, 1.165) is 19.6 Å². The fourth-order valence-corrected chi connectivity index (χ4v) is 3.60. The van der Waals surface area contributed by atoms with Crippen molar-refractivity contribution < 1.29 is 9.59 Å². The van der Waals surface area contributed by atoms with Crippen LogP contribution >= 0.6 is 0 Å². The Morgan fingerprint density at radius 2 is 2.20 bits per heavy atom. The van der Waals surface area contributed by atoms with Gasteiger partial charge in [-0.3, -0.25) is 14.5 Å². The highest BCUT2D eigenvalue weighted by Gasteiger charge is 2.37. The predicted octanol–water partition coefficient (Wildman–Crippen LogP) is -0.887. The third-order valence-corrected chi connectivity index (χ3v) is 4.77. The molecule has 3 heterocycles. The van der Waals surface area contributed by atoms with Crippen LogP contribution in [0.1, 0.15) is 19.8 Å². The highest BCUT2D eigenvalue weighted by molar-refractivity contribution is 5.86. The van der Waals surface area contributed by atoms with Gasteiger partial charge in [-0.2, -0.15) is 0 Å². The molecule has 3 saturated heterocycles. The third kappa shape index (κ3) is 2.67. The Hall–Kier alpha value is -1.14. The van der Waals surface area contributed by atoms with Crippen molar-refractivity contribution >= 4 is 11.8 Å². The van der Waals surface area contributed by atoms with E-state index in [1.807, 2.05) is 4.90 Å². The van der Waals surface area contributed by atoms with Gasteiger partial charge >= 0.3 is 0 Å². The molecule has 20 heavy (non-hydrogen) atoms. The van der Waals surface area contributed by atoms with Crippen molar-refractivity contribution in [3.63, 3.8) is 0 Å². The van der Waals surface area contributed by atoms with Gasteiger partial charge in [0.2, 0.25) is 11.8 Å². The molecule has 1 N–H and O–H groups in total. The fraction of sp³-hybridized carbons (Fsp3) is 0.857. The van der Waals surface area contributed by atoms with Gasteiger partial charge in [0, 0.05) is 38.3 Å². The molecule has 2 atom stereocenters. The van der Waals surface area contributed by atoms with Gasteiger partial charge in [-0.15, -0.1) is 0 Å². The van der Waals surface area contributed by atoms with E-state index >= 15 is 0 Å². The number of piperazine rings is 2. The van der Waals surface area contributed by atoms with Crippen molar-refractivity contribution in [2.45, 2.75) is 31.8 Å². The SMILES string of the molecule is C[C@@H]1CN2CCC[C@@H]2CN1C(=O)CN1CCNCC1=O. The van der Waals surface area contributed by atoms with E-state index in [1.54, 1.807) is 4.90 Å². The van der Waals surface area contributed by atoms with Crippen LogP contribution < -0.4 is 5.32 Å². The summed E-state index contributed by atoms with van der Waals surface area (Å²) in [5.74, 6) is 0.149. The summed E-state index contributed by atoms with van der Waals surface area (Å²) < 4.78 is 0. The largest absolute Gasteiger partial charge is 0.336 e. The molecule has 6 nitrogen and oxygen atoms in total. The summed E-state index contributed by atoms with van der Waals surface area (Å²) in [4.78, 5) is 30.4.